The van der Waals surface area contributed by atoms with Gasteiger partial charge in [0, 0.05) is 5.56 Å². The number of aryl methyl sites for hydroxylation is 1. The highest BCUT2D eigenvalue weighted by Gasteiger charge is 2.20. The number of nitrogens with zero attached hydrogens (tertiary/aromatic N) is 2. The van der Waals surface area contributed by atoms with E-state index in [2.05, 4.69) is 4.98 Å². The van der Waals surface area contributed by atoms with Gasteiger partial charge in [0.1, 0.15) is 5.75 Å². The van der Waals surface area contributed by atoms with Crippen LogP contribution in [-0.2, 0) is 0 Å². The van der Waals surface area contributed by atoms with Crippen molar-refractivity contribution in [2.75, 3.05) is 7.11 Å². The molecule has 1 aromatic heterocycles. The van der Waals surface area contributed by atoms with Crippen LogP contribution in [0.5, 0.6) is 5.75 Å². The first-order chi connectivity index (χ1) is 8.54. The Morgan fingerprint density at radius 3 is 2.39 bits per heavy atom. The molecule has 2 aromatic rings. The van der Waals surface area contributed by atoms with Crippen molar-refractivity contribution in [2.24, 2.45) is 0 Å². The molecule has 0 radical (unpaired) electrons. The molecule has 0 saturated heterocycles. The second-order valence-electron chi connectivity index (χ2n) is 3.71. The molecule has 0 atom stereocenters. The molecule has 0 spiro atoms. The number of hydrogen-bond donors (Lipinski definition) is 2. The minimum Gasteiger partial charge on any atom is -0.497 e. The Morgan fingerprint density at radius 2 is 1.94 bits per heavy atom. The molecule has 0 aliphatic carbocycles. The predicted octanol–water partition coefficient (Wildman–Crippen LogP) is 1.80. The molecule has 6 nitrogen and oxygen atoms in total. The molecule has 0 bridgehead atoms. The van der Waals surface area contributed by atoms with Gasteiger partial charge in [-0.2, -0.15) is 4.73 Å². The minimum absolute atomic E-state index is 0.188. The van der Waals surface area contributed by atoms with E-state index >= 15 is 0 Å². The van der Waals surface area contributed by atoms with Crippen LogP contribution in [0.25, 0.3) is 11.4 Å². The molecule has 1 aromatic carbocycles. The van der Waals surface area contributed by atoms with Crippen molar-refractivity contribution < 1.29 is 19.8 Å². The standard InChI is InChI=1S/C12H12N2O4/c1-7-10(12(15)16)14(17)11(13-7)8-3-5-9(18-2)6-4-8/h3-6,17H,1-2H3,(H,15,16). The largest absolute Gasteiger partial charge is 0.497 e. The average Bonchev–Trinajstić information content (AvgIpc) is 2.65. The number of carboxylic acids is 1. The summed E-state index contributed by atoms with van der Waals surface area (Å²) in [6.45, 7) is 1.53. The Bertz CT molecular complexity index is 587. The zero-order valence-corrected chi connectivity index (χ0v) is 9.91. The fourth-order valence-electron chi connectivity index (χ4n) is 1.69. The summed E-state index contributed by atoms with van der Waals surface area (Å²) in [6, 6.07) is 6.80. The topological polar surface area (TPSA) is 84.6 Å². The monoisotopic (exact) mass is 248 g/mol. The summed E-state index contributed by atoms with van der Waals surface area (Å²) in [5.41, 5.74) is 0.630. The van der Waals surface area contributed by atoms with Gasteiger partial charge in [0.25, 0.3) is 0 Å². The van der Waals surface area contributed by atoms with E-state index in [4.69, 9.17) is 9.84 Å². The van der Waals surface area contributed by atoms with Gasteiger partial charge in [-0.1, -0.05) is 0 Å². The zero-order chi connectivity index (χ0) is 13.3. The van der Waals surface area contributed by atoms with E-state index in [-0.39, 0.29) is 17.2 Å². The molecule has 94 valence electrons. The Balaban J connectivity index is 2.50. The van der Waals surface area contributed by atoms with Crippen molar-refractivity contribution in [3.63, 3.8) is 0 Å². The molecule has 0 unspecified atom stereocenters. The van der Waals surface area contributed by atoms with Crippen LogP contribution < -0.4 is 4.74 Å². The lowest BCUT2D eigenvalue weighted by molar-refractivity contribution is 0.0645. The lowest BCUT2D eigenvalue weighted by atomic mass is 10.2. The first kappa shape index (κ1) is 12.0. The van der Waals surface area contributed by atoms with Gasteiger partial charge in [-0.25, -0.2) is 9.78 Å². The van der Waals surface area contributed by atoms with E-state index in [1.165, 1.54) is 6.92 Å². The summed E-state index contributed by atoms with van der Waals surface area (Å²) in [4.78, 5) is 15.0. The van der Waals surface area contributed by atoms with Crippen LogP contribution in [0.3, 0.4) is 0 Å². The maximum absolute atomic E-state index is 10.9. The molecule has 0 amide bonds. The van der Waals surface area contributed by atoms with Crippen molar-refractivity contribution in [3.8, 4) is 17.1 Å². The molecule has 6 heteroatoms. The van der Waals surface area contributed by atoms with E-state index < -0.39 is 5.97 Å². The third-order valence-electron chi connectivity index (χ3n) is 2.58. The van der Waals surface area contributed by atoms with Crippen LogP contribution in [0.15, 0.2) is 24.3 Å². The highest BCUT2D eigenvalue weighted by Crippen LogP contribution is 2.23. The third-order valence-corrected chi connectivity index (χ3v) is 2.58. The summed E-state index contributed by atoms with van der Waals surface area (Å²) < 4.78 is 5.60. The SMILES string of the molecule is COc1ccc(-c2nc(C)c(C(=O)O)n2O)cc1. The first-order valence-corrected chi connectivity index (χ1v) is 5.21. The van der Waals surface area contributed by atoms with Crippen LogP contribution in [0.2, 0.25) is 0 Å². The number of ether oxygens (including phenoxy) is 1. The van der Waals surface area contributed by atoms with Crippen molar-refractivity contribution in [3.05, 3.63) is 35.7 Å². The maximum Gasteiger partial charge on any atom is 0.357 e. The van der Waals surface area contributed by atoms with Gasteiger partial charge < -0.3 is 15.1 Å². The van der Waals surface area contributed by atoms with E-state index in [0.29, 0.717) is 16.0 Å². The number of carbonyl (C=O) groups is 1. The second-order valence-corrected chi connectivity index (χ2v) is 3.71. The molecule has 0 fully saturated rings. The van der Waals surface area contributed by atoms with Crippen molar-refractivity contribution in [2.45, 2.75) is 6.92 Å². The summed E-state index contributed by atoms with van der Waals surface area (Å²) in [6.07, 6.45) is 0. The highest BCUT2D eigenvalue weighted by atomic mass is 16.5. The molecule has 18 heavy (non-hydrogen) atoms. The third kappa shape index (κ3) is 1.88. The summed E-state index contributed by atoms with van der Waals surface area (Å²) >= 11 is 0. The fourth-order valence-corrected chi connectivity index (χ4v) is 1.69. The lowest BCUT2D eigenvalue weighted by Gasteiger charge is -2.03. The van der Waals surface area contributed by atoms with E-state index in [1.807, 2.05) is 0 Å². The number of carboxylic acid groups (broad SMARTS) is 1. The van der Waals surface area contributed by atoms with Gasteiger partial charge in [0.15, 0.2) is 11.5 Å². The number of aromatic nitrogens is 2. The quantitative estimate of drug-likeness (QED) is 0.809. The Kier molecular flexibility index (Phi) is 2.93. The molecule has 2 N–H and O–H groups in total. The van der Waals surface area contributed by atoms with Crippen LogP contribution in [-0.4, -0.2) is 33.1 Å². The van der Waals surface area contributed by atoms with Gasteiger partial charge in [-0.3, -0.25) is 0 Å². The summed E-state index contributed by atoms with van der Waals surface area (Å²) in [7, 11) is 1.55. The van der Waals surface area contributed by atoms with Crippen LogP contribution in [0.4, 0.5) is 0 Å². The molecular weight excluding hydrogens is 236 g/mol. The summed E-state index contributed by atoms with van der Waals surface area (Å²) in [5.74, 6) is -0.361. The number of methoxy groups -OCH3 is 1. The first-order valence-electron chi connectivity index (χ1n) is 5.21. The number of imidazole rings is 1. The number of benzene rings is 1. The Labute approximate surface area is 103 Å². The van der Waals surface area contributed by atoms with E-state index in [1.54, 1.807) is 31.4 Å². The maximum atomic E-state index is 10.9. The number of hydrogen-bond acceptors (Lipinski definition) is 4. The second kappa shape index (κ2) is 4.40. The van der Waals surface area contributed by atoms with Gasteiger partial charge in [0.05, 0.1) is 12.8 Å². The van der Waals surface area contributed by atoms with Crippen LogP contribution >= 0.6 is 0 Å². The van der Waals surface area contributed by atoms with Crippen molar-refractivity contribution in [1.82, 2.24) is 9.71 Å². The molecular formula is C12H12N2O4. The van der Waals surface area contributed by atoms with Gasteiger partial charge >= 0.3 is 5.97 Å². The smallest absolute Gasteiger partial charge is 0.357 e. The normalized spacial score (nSPS) is 10.3. The predicted molar refractivity (Wildman–Crippen MR) is 63.1 cm³/mol. The zero-order valence-electron chi connectivity index (χ0n) is 9.91. The van der Waals surface area contributed by atoms with E-state index in [9.17, 15) is 10.0 Å². The van der Waals surface area contributed by atoms with Crippen molar-refractivity contribution >= 4 is 5.97 Å². The molecule has 0 aliphatic rings. The van der Waals surface area contributed by atoms with Crippen molar-refractivity contribution in [1.29, 1.82) is 0 Å². The molecule has 0 aliphatic heterocycles. The summed E-state index contributed by atoms with van der Waals surface area (Å²) in [5, 5.41) is 18.8. The number of aromatic carboxylic acids is 1. The average molecular weight is 248 g/mol. The minimum atomic E-state index is -1.22. The van der Waals surface area contributed by atoms with Gasteiger partial charge in [0.2, 0.25) is 0 Å². The Hall–Kier alpha value is -2.50. The fraction of sp³-hybridized carbons (Fsp3) is 0.167. The van der Waals surface area contributed by atoms with Gasteiger partial charge in [-0.15, -0.1) is 0 Å². The molecule has 0 saturated carbocycles. The van der Waals surface area contributed by atoms with Crippen LogP contribution in [0, 0.1) is 6.92 Å². The van der Waals surface area contributed by atoms with Gasteiger partial charge in [-0.05, 0) is 31.2 Å². The highest BCUT2D eigenvalue weighted by molar-refractivity contribution is 5.88. The Morgan fingerprint density at radius 1 is 1.33 bits per heavy atom. The van der Waals surface area contributed by atoms with E-state index in [0.717, 1.165) is 0 Å². The lowest BCUT2D eigenvalue weighted by Crippen LogP contribution is -2.07. The number of rotatable bonds is 3. The van der Waals surface area contributed by atoms with Crippen LogP contribution in [0.1, 0.15) is 16.2 Å². The molecule has 1 heterocycles. The molecule has 2 rings (SSSR count).